The first-order chi connectivity index (χ1) is 12.7. The van der Waals surface area contributed by atoms with Gasteiger partial charge < -0.3 is 17.5 Å². The van der Waals surface area contributed by atoms with Gasteiger partial charge in [-0.25, -0.2) is 4.99 Å². The van der Waals surface area contributed by atoms with Gasteiger partial charge in [0.05, 0.1) is 13.2 Å². The first-order valence-corrected chi connectivity index (χ1v) is 11.2. The fraction of sp³-hybridized carbons (Fsp3) is 0.864. The lowest BCUT2D eigenvalue weighted by Gasteiger charge is -2.25. The van der Waals surface area contributed by atoms with Crippen molar-refractivity contribution in [3.63, 3.8) is 0 Å². The molecule has 0 saturated carbocycles. The zero-order chi connectivity index (χ0) is 18.9. The summed E-state index contributed by atoms with van der Waals surface area (Å²) in [4.78, 5) is 4.48. The summed E-state index contributed by atoms with van der Waals surface area (Å²) in [7, 11) is 0. The van der Waals surface area contributed by atoms with Crippen LogP contribution in [0, 0.1) is 0 Å². The molecule has 0 fully saturated rings. The molecular formula is C22H44ClN3O. The Labute approximate surface area is 174 Å². The summed E-state index contributed by atoms with van der Waals surface area (Å²) in [6.45, 7) is 4.53. The Hall–Kier alpha value is -0.420. The predicted octanol–water partition coefficient (Wildman–Crippen LogP) is 2.12. The minimum atomic E-state index is 0. The van der Waals surface area contributed by atoms with Gasteiger partial charge in [0.1, 0.15) is 13.1 Å². The van der Waals surface area contributed by atoms with Crippen LogP contribution in [0.25, 0.3) is 0 Å². The lowest BCUT2D eigenvalue weighted by Crippen LogP contribution is -3.00. The molecule has 0 bridgehead atoms. The van der Waals surface area contributed by atoms with Crippen LogP contribution in [0.1, 0.15) is 96.8 Å². The van der Waals surface area contributed by atoms with Crippen LogP contribution in [-0.2, 0) is 0 Å². The molecule has 160 valence electrons. The Balaban J connectivity index is 0.00000676. The number of hydrogen-bond donors (Lipinski definition) is 2. The van der Waals surface area contributed by atoms with E-state index >= 15 is 0 Å². The third-order valence-electron chi connectivity index (χ3n) is 5.47. The summed E-state index contributed by atoms with van der Waals surface area (Å²) in [5, 5.41) is 9.14. The average molecular weight is 402 g/mol. The molecule has 0 saturated heterocycles. The van der Waals surface area contributed by atoms with E-state index in [9.17, 15) is 0 Å². The van der Waals surface area contributed by atoms with Crippen LogP contribution in [0.4, 0.5) is 0 Å². The van der Waals surface area contributed by atoms with Crippen molar-refractivity contribution in [1.82, 2.24) is 0 Å². The van der Waals surface area contributed by atoms with Gasteiger partial charge in [-0.2, -0.15) is 10.4 Å². The summed E-state index contributed by atoms with van der Waals surface area (Å²) in [5.41, 5.74) is 0. The maximum Gasteiger partial charge on any atom is 0.242 e. The maximum absolute atomic E-state index is 9.14. The molecule has 1 unspecified atom stereocenters. The highest BCUT2D eigenvalue weighted by Crippen LogP contribution is 2.14. The Morgan fingerprint density at radius 1 is 0.926 bits per heavy atom. The Bertz CT molecular complexity index is 401. The van der Waals surface area contributed by atoms with E-state index < -0.39 is 0 Å². The van der Waals surface area contributed by atoms with E-state index in [-0.39, 0.29) is 19.0 Å². The monoisotopic (exact) mass is 401 g/mol. The Kier molecular flexibility index (Phi) is 17.4. The van der Waals surface area contributed by atoms with E-state index in [0.29, 0.717) is 11.1 Å². The van der Waals surface area contributed by atoms with Gasteiger partial charge in [0, 0.05) is 6.08 Å². The third-order valence-corrected chi connectivity index (χ3v) is 5.47. The second kappa shape index (κ2) is 17.7. The molecule has 0 aromatic carbocycles. The summed E-state index contributed by atoms with van der Waals surface area (Å²) >= 11 is 0. The van der Waals surface area contributed by atoms with E-state index in [1.54, 1.807) is 0 Å². The molecule has 3 N–H and O–H groups in total. The van der Waals surface area contributed by atoms with Gasteiger partial charge in [-0.15, -0.1) is 0 Å². The van der Waals surface area contributed by atoms with Crippen molar-refractivity contribution < 1.29 is 22.1 Å². The van der Waals surface area contributed by atoms with Crippen molar-refractivity contribution in [3.8, 4) is 0 Å². The topological polar surface area (TPSA) is 58.6 Å². The minimum absolute atomic E-state index is 0. The minimum Gasteiger partial charge on any atom is -1.00 e. The number of hydrogen-bond acceptors (Lipinski definition) is 3. The third kappa shape index (κ3) is 12.6. The molecule has 1 aliphatic rings. The Morgan fingerprint density at radius 2 is 1.44 bits per heavy atom. The molecule has 1 rings (SSSR count). The van der Waals surface area contributed by atoms with E-state index in [0.717, 1.165) is 25.3 Å². The number of aliphatic hydroxyl groups excluding tert-OH is 1. The van der Waals surface area contributed by atoms with Crippen LogP contribution in [0.5, 0.6) is 0 Å². The van der Waals surface area contributed by atoms with Gasteiger partial charge in [-0.05, 0) is 12.8 Å². The van der Waals surface area contributed by atoms with Crippen molar-refractivity contribution >= 4 is 5.84 Å². The molecule has 1 atom stereocenters. The number of halogens is 1. The van der Waals surface area contributed by atoms with Crippen molar-refractivity contribution in [3.05, 3.63) is 12.2 Å². The van der Waals surface area contributed by atoms with Crippen molar-refractivity contribution in [1.29, 1.82) is 0 Å². The SMILES string of the molecule is CCCCCCCCCCCCCCCC=CC1=NCC[N+]1(N)CCO.[Cl-]. The van der Waals surface area contributed by atoms with Crippen LogP contribution in [0.15, 0.2) is 17.1 Å². The first-order valence-electron chi connectivity index (χ1n) is 11.2. The lowest BCUT2D eigenvalue weighted by molar-refractivity contribution is -0.846. The summed E-state index contributed by atoms with van der Waals surface area (Å²) < 4.78 is 0.297. The van der Waals surface area contributed by atoms with Gasteiger partial charge in [-0.1, -0.05) is 90.0 Å². The van der Waals surface area contributed by atoms with Gasteiger partial charge in [0.25, 0.3) is 0 Å². The quantitative estimate of drug-likeness (QED) is 0.223. The van der Waals surface area contributed by atoms with E-state index in [1.165, 1.54) is 83.5 Å². The van der Waals surface area contributed by atoms with Crippen molar-refractivity contribution in [2.24, 2.45) is 10.8 Å². The van der Waals surface area contributed by atoms with Crippen LogP contribution >= 0.6 is 0 Å². The molecule has 27 heavy (non-hydrogen) atoms. The number of aliphatic hydroxyl groups is 1. The molecule has 1 heterocycles. The largest absolute Gasteiger partial charge is 1.00 e. The van der Waals surface area contributed by atoms with Crippen molar-refractivity contribution in [2.75, 3.05) is 26.2 Å². The highest BCUT2D eigenvalue weighted by atomic mass is 35.5. The van der Waals surface area contributed by atoms with Crippen LogP contribution in [0.2, 0.25) is 0 Å². The maximum atomic E-state index is 9.14. The number of aliphatic imine (C=N–C) groups is 1. The number of amidine groups is 1. The second-order valence-electron chi connectivity index (χ2n) is 7.88. The predicted molar refractivity (Wildman–Crippen MR) is 113 cm³/mol. The number of rotatable bonds is 17. The summed E-state index contributed by atoms with van der Waals surface area (Å²) in [6.07, 6.45) is 23.5. The molecule has 0 aliphatic carbocycles. The van der Waals surface area contributed by atoms with Gasteiger partial charge >= 0.3 is 0 Å². The highest BCUT2D eigenvalue weighted by molar-refractivity contribution is 5.87. The second-order valence-corrected chi connectivity index (χ2v) is 7.88. The Morgan fingerprint density at radius 3 is 1.96 bits per heavy atom. The molecule has 0 spiro atoms. The van der Waals surface area contributed by atoms with Crippen LogP contribution < -0.4 is 18.2 Å². The van der Waals surface area contributed by atoms with Gasteiger partial charge in [0.15, 0.2) is 0 Å². The molecule has 5 heteroatoms. The lowest BCUT2D eigenvalue weighted by atomic mass is 10.0. The normalized spacial score (nSPS) is 19.4. The summed E-state index contributed by atoms with van der Waals surface area (Å²) in [5.74, 6) is 7.19. The molecule has 4 nitrogen and oxygen atoms in total. The number of allylic oxidation sites excluding steroid dienone is 1. The zero-order valence-corrected chi connectivity index (χ0v) is 18.4. The first kappa shape index (κ1) is 26.6. The fourth-order valence-electron chi connectivity index (χ4n) is 3.67. The molecule has 0 aromatic rings. The average Bonchev–Trinajstić information content (AvgIpc) is 2.99. The van der Waals surface area contributed by atoms with E-state index in [1.807, 2.05) is 0 Å². The van der Waals surface area contributed by atoms with Gasteiger partial charge in [-0.3, -0.25) is 0 Å². The standard InChI is InChI=1S/C22H44N3O.ClH/c1-2-3-4-5-6-7-8-9-10-11-12-13-14-15-16-17-22-24-18-19-25(22,23)20-21-26;/h16-17,26H,2-15,18-21,23H2,1H3;1H/q+1;/p-1. The van der Waals surface area contributed by atoms with E-state index in [2.05, 4.69) is 24.1 Å². The fourth-order valence-corrected chi connectivity index (χ4v) is 3.67. The number of nitrogens with zero attached hydrogens (tertiary/aromatic N) is 2. The zero-order valence-electron chi connectivity index (χ0n) is 17.7. The van der Waals surface area contributed by atoms with Crippen LogP contribution in [0.3, 0.4) is 0 Å². The molecule has 0 radical (unpaired) electrons. The number of quaternary nitrogens is 1. The van der Waals surface area contributed by atoms with Crippen LogP contribution in [-0.4, -0.2) is 41.8 Å². The highest BCUT2D eigenvalue weighted by Gasteiger charge is 2.32. The molecule has 0 aromatic heterocycles. The number of nitrogens with two attached hydrogens (primary N) is 1. The molecule has 1 aliphatic heterocycles. The summed E-state index contributed by atoms with van der Waals surface area (Å²) in [6, 6.07) is 0. The number of unbranched alkanes of at least 4 members (excludes halogenated alkanes) is 13. The smallest absolute Gasteiger partial charge is 0.242 e. The molecule has 0 amide bonds. The molecular weight excluding hydrogens is 358 g/mol. The van der Waals surface area contributed by atoms with Crippen molar-refractivity contribution in [2.45, 2.75) is 96.8 Å². The van der Waals surface area contributed by atoms with Gasteiger partial charge in [0.2, 0.25) is 5.84 Å². The van der Waals surface area contributed by atoms with E-state index in [4.69, 9.17) is 10.9 Å².